The fraction of sp³-hybridized carbons (Fsp3) is 0.462. The van der Waals surface area contributed by atoms with Crippen molar-refractivity contribution in [3.63, 3.8) is 0 Å². The van der Waals surface area contributed by atoms with Crippen molar-refractivity contribution in [1.29, 1.82) is 0 Å². The van der Waals surface area contributed by atoms with E-state index in [1.807, 2.05) is 13.8 Å². The lowest BCUT2D eigenvalue weighted by Crippen LogP contribution is -2.12. The van der Waals surface area contributed by atoms with Crippen molar-refractivity contribution in [2.75, 3.05) is 14.2 Å². The van der Waals surface area contributed by atoms with E-state index >= 15 is 0 Å². The van der Waals surface area contributed by atoms with E-state index in [1.165, 1.54) is 14.2 Å². The van der Waals surface area contributed by atoms with Gasteiger partial charge in [0.1, 0.15) is 6.10 Å². The molecule has 0 heterocycles. The maximum atomic E-state index is 11.7. The zero-order valence-electron chi connectivity index (χ0n) is 11.1. The van der Waals surface area contributed by atoms with Crippen LogP contribution in [0.1, 0.15) is 30.6 Å². The van der Waals surface area contributed by atoms with E-state index in [0.717, 1.165) is 6.42 Å². The van der Waals surface area contributed by atoms with E-state index in [2.05, 4.69) is 0 Å². The Bertz CT molecular complexity index is 402. The van der Waals surface area contributed by atoms with Gasteiger partial charge in [0.2, 0.25) is 0 Å². The van der Waals surface area contributed by atoms with Gasteiger partial charge in [-0.05, 0) is 31.5 Å². The van der Waals surface area contributed by atoms with Gasteiger partial charge >= 0.3 is 5.97 Å². The first-order valence-corrected chi connectivity index (χ1v) is 5.72. The number of hydrogen-bond acceptors (Lipinski definition) is 5. The number of benzene rings is 1. The van der Waals surface area contributed by atoms with Crippen LogP contribution in [0.2, 0.25) is 0 Å². The Morgan fingerprint density at radius 2 is 1.89 bits per heavy atom. The molecule has 0 fully saturated rings. The Kier molecular flexibility index (Phi) is 5.45. The smallest absolute Gasteiger partial charge is 0.373 e. The zero-order chi connectivity index (χ0) is 13.5. The number of rotatable bonds is 6. The van der Waals surface area contributed by atoms with Gasteiger partial charge in [-0.15, -0.1) is 0 Å². The predicted octanol–water partition coefficient (Wildman–Crippen LogP) is 2.59. The molecule has 0 bridgehead atoms. The Morgan fingerprint density at radius 1 is 1.22 bits per heavy atom. The molecule has 1 unspecified atom stereocenters. The molecule has 0 saturated carbocycles. The molecule has 5 nitrogen and oxygen atoms in total. The monoisotopic (exact) mass is 254 g/mol. The summed E-state index contributed by atoms with van der Waals surface area (Å²) >= 11 is 0. The van der Waals surface area contributed by atoms with Gasteiger partial charge in [0.05, 0.1) is 19.8 Å². The molecule has 0 amide bonds. The van der Waals surface area contributed by atoms with Crippen LogP contribution in [0.3, 0.4) is 0 Å². The molecule has 1 atom stereocenters. The van der Waals surface area contributed by atoms with Crippen molar-refractivity contribution in [3.8, 4) is 11.5 Å². The number of methoxy groups -OCH3 is 2. The fourth-order valence-electron chi connectivity index (χ4n) is 1.21. The first-order valence-electron chi connectivity index (χ1n) is 5.72. The lowest BCUT2D eigenvalue weighted by molar-refractivity contribution is -0.270. The SMILES string of the molecule is CCC(C)OOC(=O)c1ccc(OC)c(OC)c1. The topological polar surface area (TPSA) is 54.0 Å². The molecule has 0 radical (unpaired) electrons. The van der Waals surface area contributed by atoms with Crippen molar-refractivity contribution in [2.24, 2.45) is 0 Å². The predicted molar refractivity (Wildman–Crippen MR) is 65.8 cm³/mol. The van der Waals surface area contributed by atoms with E-state index in [1.54, 1.807) is 18.2 Å². The summed E-state index contributed by atoms with van der Waals surface area (Å²) in [5.41, 5.74) is 0.343. The molecule has 0 aliphatic carbocycles. The first-order chi connectivity index (χ1) is 8.62. The van der Waals surface area contributed by atoms with Crippen molar-refractivity contribution >= 4 is 5.97 Å². The quantitative estimate of drug-likeness (QED) is 0.577. The number of hydrogen-bond donors (Lipinski definition) is 0. The second-order valence-corrected chi connectivity index (χ2v) is 3.76. The lowest BCUT2D eigenvalue weighted by Gasteiger charge is -2.10. The van der Waals surface area contributed by atoms with Crippen LogP contribution in [-0.2, 0) is 9.78 Å². The summed E-state index contributed by atoms with van der Waals surface area (Å²) in [7, 11) is 3.03. The van der Waals surface area contributed by atoms with Crippen LogP contribution < -0.4 is 9.47 Å². The van der Waals surface area contributed by atoms with Crippen LogP contribution in [0.4, 0.5) is 0 Å². The van der Waals surface area contributed by atoms with Gasteiger partial charge in [0, 0.05) is 0 Å². The van der Waals surface area contributed by atoms with Crippen LogP contribution in [-0.4, -0.2) is 26.3 Å². The largest absolute Gasteiger partial charge is 0.493 e. The summed E-state index contributed by atoms with van der Waals surface area (Å²) < 4.78 is 10.2. The highest BCUT2D eigenvalue weighted by Crippen LogP contribution is 2.27. The zero-order valence-corrected chi connectivity index (χ0v) is 11.1. The van der Waals surface area contributed by atoms with Crippen molar-refractivity contribution in [2.45, 2.75) is 26.4 Å². The molecule has 0 saturated heterocycles. The van der Waals surface area contributed by atoms with Crippen molar-refractivity contribution < 1.29 is 24.0 Å². The van der Waals surface area contributed by atoms with Crippen LogP contribution in [0.25, 0.3) is 0 Å². The molecule has 0 spiro atoms. The molecule has 0 aliphatic rings. The summed E-state index contributed by atoms with van der Waals surface area (Å²) in [6, 6.07) is 4.77. The second kappa shape index (κ2) is 6.86. The van der Waals surface area contributed by atoms with Crippen molar-refractivity contribution in [3.05, 3.63) is 23.8 Å². The number of carbonyl (C=O) groups is 1. The van der Waals surface area contributed by atoms with Crippen molar-refractivity contribution in [1.82, 2.24) is 0 Å². The summed E-state index contributed by atoms with van der Waals surface area (Å²) in [4.78, 5) is 21.3. The van der Waals surface area contributed by atoms with Crippen LogP contribution >= 0.6 is 0 Å². The Morgan fingerprint density at radius 3 is 2.44 bits per heavy atom. The molecule has 1 aromatic carbocycles. The molecule has 1 aromatic rings. The van der Waals surface area contributed by atoms with Gasteiger partial charge < -0.3 is 9.47 Å². The Balaban J connectivity index is 2.74. The van der Waals surface area contributed by atoms with E-state index in [-0.39, 0.29) is 6.10 Å². The summed E-state index contributed by atoms with van der Waals surface area (Å²) in [6.45, 7) is 3.76. The molecule has 0 aliphatic heterocycles. The molecule has 1 rings (SSSR count). The maximum absolute atomic E-state index is 11.7. The van der Waals surface area contributed by atoms with E-state index in [9.17, 15) is 4.79 Å². The average molecular weight is 254 g/mol. The normalized spacial score (nSPS) is 11.8. The minimum absolute atomic E-state index is 0.130. The van der Waals surface area contributed by atoms with Crippen LogP contribution in [0.15, 0.2) is 18.2 Å². The van der Waals surface area contributed by atoms with E-state index in [4.69, 9.17) is 19.2 Å². The first kappa shape index (κ1) is 14.3. The minimum atomic E-state index is -0.559. The standard InChI is InChI=1S/C13H18O5/c1-5-9(2)17-18-13(14)10-6-7-11(15-3)12(8-10)16-4/h6-9H,5H2,1-4H3. The maximum Gasteiger partial charge on any atom is 0.373 e. The van der Waals surface area contributed by atoms with Crippen LogP contribution in [0.5, 0.6) is 11.5 Å². The minimum Gasteiger partial charge on any atom is -0.493 e. The third-order valence-corrected chi connectivity index (χ3v) is 2.48. The Hall–Kier alpha value is -1.75. The highest BCUT2D eigenvalue weighted by Gasteiger charge is 2.13. The van der Waals surface area contributed by atoms with Gasteiger partial charge in [-0.2, -0.15) is 4.89 Å². The molecule has 0 aromatic heterocycles. The van der Waals surface area contributed by atoms with Gasteiger partial charge in [0.25, 0.3) is 0 Å². The molecular formula is C13H18O5. The molecule has 5 heteroatoms. The molecule has 100 valence electrons. The van der Waals surface area contributed by atoms with Gasteiger partial charge in [-0.25, -0.2) is 4.79 Å². The van der Waals surface area contributed by atoms with Gasteiger partial charge in [-0.1, -0.05) is 6.92 Å². The summed E-state index contributed by atoms with van der Waals surface area (Å²) in [5.74, 6) is 0.462. The number of ether oxygens (including phenoxy) is 2. The fourth-order valence-corrected chi connectivity index (χ4v) is 1.21. The van der Waals surface area contributed by atoms with Crippen LogP contribution in [0, 0.1) is 0 Å². The molecule has 0 N–H and O–H groups in total. The highest BCUT2D eigenvalue weighted by atomic mass is 17.2. The Labute approximate surface area is 107 Å². The lowest BCUT2D eigenvalue weighted by atomic mass is 10.2. The molecular weight excluding hydrogens is 236 g/mol. The third kappa shape index (κ3) is 3.63. The third-order valence-electron chi connectivity index (χ3n) is 2.48. The second-order valence-electron chi connectivity index (χ2n) is 3.76. The van der Waals surface area contributed by atoms with E-state index < -0.39 is 5.97 Å². The van der Waals surface area contributed by atoms with E-state index in [0.29, 0.717) is 17.1 Å². The highest BCUT2D eigenvalue weighted by molar-refractivity contribution is 5.89. The summed E-state index contributed by atoms with van der Waals surface area (Å²) in [5, 5.41) is 0. The van der Waals surface area contributed by atoms with Gasteiger partial charge in [-0.3, -0.25) is 4.89 Å². The summed E-state index contributed by atoms with van der Waals surface area (Å²) in [6.07, 6.45) is 0.633. The number of carbonyl (C=O) groups excluding carboxylic acids is 1. The molecule has 18 heavy (non-hydrogen) atoms. The average Bonchev–Trinajstić information content (AvgIpc) is 2.43. The van der Waals surface area contributed by atoms with Gasteiger partial charge in [0.15, 0.2) is 11.5 Å².